The minimum atomic E-state index is -0.413. The van der Waals surface area contributed by atoms with Crippen molar-refractivity contribution in [1.82, 2.24) is 15.1 Å². The normalized spacial score (nSPS) is 11.6. The molecule has 0 unspecified atom stereocenters. The van der Waals surface area contributed by atoms with Crippen LogP contribution >= 0.6 is 0 Å². The summed E-state index contributed by atoms with van der Waals surface area (Å²) in [6.07, 6.45) is 4.20. The van der Waals surface area contributed by atoms with Gasteiger partial charge in [0.25, 0.3) is 0 Å². The van der Waals surface area contributed by atoms with Gasteiger partial charge in [0, 0.05) is 32.8 Å². The molecule has 1 aromatic heterocycles. The van der Waals surface area contributed by atoms with Gasteiger partial charge in [-0.15, -0.1) is 0 Å². The van der Waals surface area contributed by atoms with E-state index in [-0.39, 0.29) is 5.91 Å². The lowest BCUT2D eigenvalue weighted by Gasteiger charge is -2.28. The number of carbonyl (C=O) groups excluding carboxylic acids is 1. The molecule has 0 aliphatic carbocycles. The summed E-state index contributed by atoms with van der Waals surface area (Å²) in [5, 5.41) is 7.24. The standard InChI is InChI=1S/C13H24N4O/c1-4-13(5-2,10-14)12(18)15-8-6-11-7-9-17(3)16-11/h7,9H,4-6,8,10,14H2,1-3H3,(H,15,18). The second kappa shape index (κ2) is 6.54. The van der Waals surface area contributed by atoms with Crippen LogP contribution in [0.25, 0.3) is 0 Å². The van der Waals surface area contributed by atoms with Gasteiger partial charge in [0.2, 0.25) is 5.91 Å². The fourth-order valence-electron chi connectivity index (χ4n) is 2.04. The molecule has 1 aromatic rings. The van der Waals surface area contributed by atoms with E-state index in [4.69, 9.17) is 5.73 Å². The third kappa shape index (κ3) is 3.32. The Morgan fingerprint density at radius 2 is 2.17 bits per heavy atom. The van der Waals surface area contributed by atoms with E-state index < -0.39 is 5.41 Å². The molecule has 3 N–H and O–H groups in total. The number of hydrogen-bond acceptors (Lipinski definition) is 3. The molecule has 1 rings (SSSR count). The van der Waals surface area contributed by atoms with Gasteiger partial charge in [0.15, 0.2) is 0 Å². The number of nitrogens with one attached hydrogen (secondary N) is 1. The zero-order valence-corrected chi connectivity index (χ0v) is 11.6. The summed E-state index contributed by atoms with van der Waals surface area (Å²) in [6.45, 7) is 5.02. The Morgan fingerprint density at radius 3 is 2.61 bits per heavy atom. The van der Waals surface area contributed by atoms with E-state index in [2.05, 4.69) is 10.4 Å². The van der Waals surface area contributed by atoms with Crippen molar-refractivity contribution >= 4 is 5.91 Å². The van der Waals surface area contributed by atoms with Gasteiger partial charge in [0.05, 0.1) is 11.1 Å². The van der Waals surface area contributed by atoms with Crippen LogP contribution in [0.5, 0.6) is 0 Å². The van der Waals surface area contributed by atoms with Gasteiger partial charge in [-0.25, -0.2) is 0 Å². The summed E-state index contributed by atoms with van der Waals surface area (Å²) in [6, 6.07) is 1.96. The van der Waals surface area contributed by atoms with E-state index in [1.54, 1.807) is 4.68 Å². The van der Waals surface area contributed by atoms with Crippen molar-refractivity contribution in [2.75, 3.05) is 13.1 Å². The van der Waals surface area contributed by atoms with Crippen molar-refractivity contribution in [2.45, 2.75) is 33.1 Å². The van der Waals surface area contributed by atoms with E-state index in [1.165, 1.54) is 0 Å². The highest BCUT2D eigenvalue weighted by Crippen LogP contribution is 2.24. The van der Waals surface area contributed by atoms with Gasteiger partial charge >= 0.3 is 0 Å². The van der Waals surface area contributed by atoms with Gasteiger partial charge in [-0.3, -0.25) is 9.48 Å². The third-order valence-corrected chi connectivity index (χ3v) is 3.66. The average Bonchev–Trinajstić information content (AvgIpc) is 2.78. The number of nitrogens with two attached hydrogens (primary N) is 1. The Bertz CT molecular complexity index is 374. The van der Waals surface area contributed by atoms with Crippen LogP contribution in [-0.4, -0.2) is 28.8 Å². The Morgan fingerprint density at radius 1 is 1.50 bits per heavy atom. The maximum absolute atomic E-state index is 12.1. The molecular weight excluding hydrogens is 228 g/mol. The minimum Gasteiger partial charge on any atom is -0.355 e. The van der Waals surface area contributed by atoms with Gasteiger partial charge in [-0.05, 0) is 18.9 Å². The Kier molecular flexibility index (Phi) is 5.34. The molecule has 0 fully saturated rings. The van der Waals surface area contributed by atoms with Crippen LogP contribution < -0.4 is 11.1 Å². The number of carbonyl (C=O) groups is 1. The fraction of sp³-hybridized carbons (Fsp3) is 0.692. The highest BCUT2D eigenvalue weighted by molar-refractivity contribution is 5.82. The molecule has 0 atom stereocenters. The summed E-state index contributed by atoms with van der Waals surface area (Å²) in [7, 11) is 1.88. The summed E-state index contributed by atoms with van der Waals surface area (Å²) in [5.74, 6) is 0.0610. The zero-order chi connectivity index (χ0) is 13.6. The van der Waals surface area contributed by atoms with E-state index >= 15 is 0 Å². The molecule has 0 aliphatic rings. The number of rotatable bonds is 7. The molecule has 1 heterocycles. The molecule has 5 heteroatoms. The number of aromatic nitrogens is 2. The number of hydrogen-bond donors (Lipinski definition) is 2. The molecule has 0 spiro atoms. The maximum atomic E-state index is 12.1. The van der Waals surface area contributed by atoms with E-state index in [0.717, 1.165) is 25.0 Å². The number of aryl methyl sites for hydroxylation is 1. The lowest BCUT2D eigenvalue weighted by atomic mass is 9.81. The van der Waals surface area contributed by atoms with Gasteiger partial charge in [-0.2, -0.15) is 5.10 Å². The number of amides is 1. The number of nitrogens with zero attached hydrogens (tertiary/aromatic N) is 2. The first kappa shape index (κ1) is 14.7. The van der Waals surface area contributed by atoms with Gasteiger partial charge in [0.1, 0.15) is 0 Å². The fourth-order valence-corrected chi connectivity index (χ4v) is 2.04. The van der Waals surface area contributed by atoms with Crippen LogP contribution in [0.2, 0.25) is 0 Å². The Balaban J connectivity index is 2.45. The van der Waals surface area contributed by atoms with Crippen molar-refractivity contribution in [3.63, 3.8) is 0 Å². The lowest BCUT2D eigenvalue weighted by molar-refractivity contribution is -0.131. The van der Waals surface area contributed by atoms with Crippen LogP contribution in [0.4, 0.5) is 0 Å². The van der Waals surface area contributed by atoms with Crippen LogP contribution in [0, 0.1) is 5.41 Å². The molecule has 0 aliphatic heterocycles. The molecule has 0 aromatic carbocycles. The molecule has 102 valence electrons. The first-order valence-corrected chi connectivity index (χ1v) is 6.55. The van der Waals surface area contributed by atoms with Crippen LogP contribution in [-0.2, 0) is 18.3 Å². The van der Waals surface area contributed by atoms with Crippen molar-refractivity contribution in [3.8, 4) is 0 Å². The second-order valence-corrected chi connectivity index (χ2v) is 4.68. The Hall–Kier alpha value is -1.36. The van der Waals surface area contributed by atoms with Gasteiger partial charge in [-0.1, -0.05) is 13.8 Å². The first-order chi connectivity index (χ1) is 8.57. The predicted molar refractivity (Wildman–Crippen MR) is 72.0 cm³/mol. The predicted octanol–water partition coefficient (Wildman–Crippen LogP) is 0.844. The first-order valence-electron chi connectivity index (χ1n) is 6.55. The second-order valence-electron chi connectivity index (χ2n) is 4.68. The quantitative estimate of drug-likeness (QED) is 0.755. The summed E-state index contributed by atoms with van der Waals surface area (Å²) in [4.78, 5) is 12.1. The van der Waals surface area contributed by atoms with Crippen LogP contribution in [0.1, 0.15) is 32.4 Å². The molecule has 18 heavy (non-hydrogen) atoms. The van der Waals surface area contributed by atoms with Gasteiger partial charge < -0.3 is 11.1 Å². The van der Waals surface area contributed by atoms with Crippen molar-refractivity contribution in [1.29, 1.82) is 0 Å². The summed E-state index contributed by atoms with van der Waals surface area (Å²) >= 11 is 0. The van der Waals surface area contributed by atoms with Crippen molar-refractivity contribution < 1.29 is 4.79 Å². The minimum absolute atomic E-state index is 0.0610. The third-order valence-electron chi connectivity index (χ3n) is 3.66. The van der Waals surface area contributed by atoms with Crippen molar-refractivity contribution in [3.05, 3.63) is 18.0 Å². The van der Waals surface area contributed by atoms with E-state index in [9.17, 15) is 4.79 Å². The molecule has 1 amide bonds. The zero-order valence-electron chi connectivity index (χ0n) is 11.6. The maximum Gasteiger partial charge on any atom is 0.227 e. The topological polar surface area (TPSA) is 72.9 Å². The smallest absolute Gasteiger partial charge is 0.227 e. The highest BCUT2D eigenvalue weighted by Gasteiger charge is 2.32. The SMILES string of the molecule is CCC(CC)(CN)C(=O)NCCc1ccn(C)n1. The molecule has 0 radical (unpaired) electrons. The lowest BCUT2D eigenvalue weighted by Crippen LogP contribution is -2.45. The molecule has 5 nitrogen and oxygen atoms in total. The molecule has 0 saturated heterocycles. The molecule has 0 saturated carbocycles. The van der Waals surface area contributed by atoms with E-state index in [0.29, 0.717) is 13.1 Å². The largest absolute Gasteiger partial charge is 0.355 e. The summed E-state index contributed by atoms with van der Waals surface area (Å²) in [5.41, 5.74) is 6.32. The highest BCUT2D eigenvalue weighted by atomic mass is 16.2. The Labute approximate surface area is 109 Å². The van der Waals surface area contributed by atoms with Crippen LogP contribution in [0.3, 0.4) is 0 Å². The summed E-state index contributed by atoms with van der Waals surface area (Å²) < 4.78 is 1.76. The van der Waals surface area contributed by atoms with Crippen LogP contribution in [0.15, 0.2) is 12.3 Å². The van der Waals surface area contributed by atoms with E-state index in [1.807, 2.05) is 33.2 Å². The average molecular weight is 252 g/mol. The van der Waals surface area contributed by atoms with Crippen molar-refractivity contribution in [2.24, 2.45) is 18.2 Å². The monoisotopic (exact) mass is 252 g/mol. The molecule has 0 bridgehead atoms. The molecular formula is C13H24N4O.